The van der Waals surface area contributed by atoms with Crippen LogP contribution in [0.5, 0.6) is 0 Å². The molecule has 1 N–H and O–H groups in total. The van der Waals surface area contributed by atoms with E-state index in [1.54, 1.807) is 0 Å². The van der Waals surface area contributed by atoms with Crippen molar-refractivity contribution in [2.45, 2.75) is 31.7 Å². The number of hydrogen-bond acceptors (Lipinski definition) is 3. The second-order valence-electron chi connectivity index (χ2n) is 7.14. The van der Waals surface area contributed by atoms with Crippen LogP contribution in [-0.2, 0) is 11.3 Å². The molecule has 0 unspecified atom stereocenters. The molecule has 0 radical (unpaired) electrons. The number of nitrogens with one attached hydrogen (secondary N) is 1. The molecule has 1 aromatic heterocycles. The third-order valence-corrected chi connectivity index (χ3v) is 5.46. The molecule has 2 aromatic rings. The summed E-state index contributed by atoms with van der Waals surface area (Å²) < 4.78 is 1.90. The Bertz CT molecular complexity index is 774. The van der Waals surface area contributed by atoms with Crippen molar-refractivity contribution in [3.05, 3.63) is 59.9 Å². The zero-order chi connectivity index (χ0) is 17.8. The van der Waals surface area contributed by atoms with E-state index in [2.05, 4.69) is 46.8 Å². The Labute approximate surface area is 154 Å². The maximum Gasteiger partial charge on any atom is 0.244 e. The van der Waals surface area contributed by atoms with Gasteiger partial charge in [0, 0.05) is 37.4 Å². The first-order valence-corrected chi connectivity index (χ1v) is 9.56. The molecule has 5 heteroatoms. The SMILES string of the molecule is O=C(Cn1nccc1[C@@H]1CCCNC1)N1CC=C(c2ccccc2)CC1. The largest absolute Gasteiger partial charge is 0.337 e. The molecule has 5 nitrogen and oxygen atoms in total. The smallest absolute Gasteiger partial charge is 0.244 e. The van der Waals surface area contributed by atoms with Gasteiger partial charge in [-0.05, 0) is 43.0 Å². The van der Waals surface area contributed by atoms with Gasteiger partial charge in [-0.3, -0.25) is 9.48 Å². The van der Waals surface area contributed by atoms with Crippen LogP contribution in [0.15, 0.2) is 48.7 Å². The molecule has 0 saturated carbocycles. The van der Waals surface area contributed by atoms with Crippen molar-refractivity contribution in [3.8, 4) is 0 Å². The van der Waals surface area contributed by atoms with Crippen molar-refractivity contribution in [3.63, 3.8) is 0 Å². The fourth-order valence-electron chi connectivity index (χ4n) is 3.96. The van der Waals surface area contributed by atoms with E-state index in [4.69, 9.17) is 0 Å². The van der Waals surface area contributed by atoms with Crippen LogP contribution in [0.2, 0.25) is 0 Å². The maximum atomic E-state index is 12.8. The number of carbonyl (C=O) groups excluding carboxylic acids is 1. The molecule has 1 aromatic carbocycles. The molecule has 3 heterocycles. The van der Waals surface area contributed by atoms with Gasteiger partial charge in [0.15, 0.2) is 0 Å². The van der Waals surface area contributed by atoms with E-state index in [9.17, 15) is 4.79 Å². The maximum absolute atomic E-state index is 12.8. The molecular formula is C21H26N4O. The van der Waals surface area contributed by atoms with Gasteiger partial charge in [0.1, 0.15) is 6.54 Å². The highest BCUT2D eigenvalue weighted by Gasteiger charge is 2.22. The molecule has 1 saturated heterocycles. The molecule has 0 spiro atoms. The fourth-order valence-corrected chi connectivity index (χ4v) is 3.96. The zero-order valence-electron chi connectivity index (χ0n) is 15.1. The summed E-state index contributed by atoms with van der Waals surface area (Å²) in [5.41, 5.74) is 3.78. The summed E-state index contributed by atoms with van der Waals surface area (Å²) in [6.45, 7) is 3.87. The van der Waals surface area contributed by atoms with Crippen LogP contribution in [0, 0.1) is 0 Å². The third-order valence-electron chi connectivity index (χ3n) is 5.46. The molecule has 1 fully saturated rings. The van der Waals surface area contributed by atoms with Gasteiger partial charge in [-0.15, -0.1) is 0 Å². The Morgan fingerprint density at radius 3 is 2.85 bits per heavy atom. The minimum atomic E-state index is 0.155. The molecule has 4 rings (SSSR count). The first-order valence-electron chi connectivity index (χ1n) is 9.56. The predicted molar refractivity (Wildman–Crippen MR) is 103 cm³/mol. The van der Waals surface area contributed by atoms with E-state index in [-0.39, 0.29) is 5.91 Å². The molecule has 136 valence electrons. The van der Waals surface area contributed by atoms with E-state index >= 15 is 0 Å². The summed E-state index contributed by atoms with van der Waals surface area (Å²) >= 11 is 0. The van der Waals surface area contributed by atoms with E-state index in [0.29, 0.717) is 19.0 Å². The summed E-state index contributed by atoms with van der Waals surface area (Å²) in [5.74, 6) is 0.618. The number of rotatable bonds is 4. The molecule has 1 amide bonds. The van der Waals surface area contributed by atoms with Crippen LogP contribution < -0.4 is 5.32 Å². The van der Waals surface area contributed by atoms with E-state index in [0.717, 1.165) is 26.1 Å². The molecular weight excluding hydrogens is 324 g/mol. The van der Waals surface area contributed by atoms with E-state index in [1.807, 2.05) is 21.8 Å². The fraction of sp³-hybridized carbons (Fsp3) is 0.429. The van der Waals surface area contributed by atoms with Crippen molar-refractivity contribution in [1.29, 1.82) is 0 Å². The van der Waals surface area contributed by atoms with Crippen molar-refractivity contribution in [2.24, 2.45) is 0 Å². The monoisotopic (exact) mass is 350 g/mol. The molecule has 0 bridgehead atoms. The number of aromatic nitrogens is 2. The lowest BCUT2D eigenvalue weighted by molar-refractivity contribution is -0.131. The average Bonchev–Trinajstić information content (AvgIpc) is 3.17. The van der Waals surface area contributed by atoms with Crippen molar-refractivity contribution >= 4 is 11.5 Å². The van der Waals surface area contributed by atoms with Gasteiger partial charge in [-0.1, -0.05) is 36.4 Å². The number of hydrogen-bond donors (Lipinski definition) is 1. The number of carbonyl (C=O) groups is 1. The Hall–Kier alpha value is -2.40. The molecule has 1 atom stereocenters. The molecule has 26 heavy (non-hydrogen) atoms. The Morgan fingerprint density at radius 2 is 2.12 bits per heavy atom. The van der Waals surface area contributed by atoms with Gasteiger partial charge in [0.05, 0.1) is 0 Å². The Kier molecular flexibility index (Phi) is 5.16. The first kappa shape index (κ1) is 17.0. The number of nitrogens with zero attached hydrogens (tertiary/aromatic N) is 3. The second kappa shape index (κ2) is 7.87. The summed E-state index contributed by atoms with van der Waals surface area (Å²) in [5, 5.41) is 7.86. The minimum Gasteiger partial charge on any atom is -0.337 e. The molecule has 0 aliphatic carbocycles. The third kappa shape index (κ3) is 3.73. The van der Waals surface area contributed by atoms with E-state index in [1.165, 1.54) is 29.7 Å². The average molecular weight is 350 g/mol. The van der Waals surface area contributed by atoms with Gasteiger partial charge >= 0.3 is 0 Å². The second-order valence-corrected chi connectivity index (χ2v) is 7.14. The van der Waals surface area contributed by atoms with E-state index < -0.39 is 0 Å². The zero-order valence-corrected chi connectivity index (χ0v) is 15.1. The summed E-state index contributed by atoms with van der Waals surface area (Å²) in [6.07, 6.45) is 7.27. The molecule has 2 aliphatic rings. The Morgan fingerprint density at radius 1 is 1.23 bits per heavy atom. The van der Waals surface area contributed by atoms with Gasteiger partial charge in [0.2, 0.25) is 5.91 Å². The van der Waals surface area contributed by atoms with Crippen LogP contribution in [-0.4, -0.2) is 46.8 Å². The van der Waals surface area contributed by atoms with Crippen molar-refractivity contribution in [2.75, 3.05) is 26.2 Å². The number of amides is 1. The highest BCUT2D eigenvalue weighted by atomic mass is 16.2. The van der Waals surface area contributed by atoms with Gasteiger partial charge in [-0.2, -0.15) is 5.10 Å². The highest BCUT2D eigenvalue weighted by Crippen LogP contribution is 2.24. The highest BCUT2D eigenvalue weighted by molar-refractivity contribution is 5.78. The summed E-state index contributed by atoms with van der Waals surface area (Å²) in [6, 6.07) is 12.5. The Balaban J connectivity index is 1.39. The lowest BCUT2D eigenvalue weighted by Crippen LogP contribution is -2.38. The van der Waals surface area contributed by atoms with Crippen LogP contribution in [0.4, 0.5) is 0 Å². The lowest BCUT2D eigenvalue weighted by Gasteiger charge is -2.28. The standard InChI is InChI=1S/C21H26N4O/c26-21(16-25-20(8-12-23-25)19-7-4-11-22-15-19)24-13-9-18(10-14-24)17-5-2-1-3-6-17/h1-3,5-6,8-9,12,19,22H,4,7,10-11,13-16H2/t19-/m1/s1. The first-order chi connectivity index (χ1) is 12.8. The van der Waals surface area contributed by atoms with Gasteiger partial charge in [-0.25, -0.2) is 0 Å². The van der Waals surface area contributed by atoms with Crippen LogP contribution in [0.25, 0.3) is 5.57 Å². The normalized spacial score (nSPS) is 20.7. The van der Waals surface area contributed by atoms with Gasteiger partial charge < -0.3 is 10.2 Å². The van der Waals surface area contributed by atoms with Gasteiger partial charge in [0.25, 0.3) is 0 Å². The van der Waals surface area contributed by atoms with Crippen LogP contribution >= 0.6 is 0 Å². The van der Waals surface area contributed by atoms with Crippen molar-refractivity contribution < 1.29 is 4.79 Å². The molecule has 2 aliphatic heterocycles. The predicted octanol–water partition coefficient (Wildman–Crippen LogP) is 2.67. The number of piperidine rings is 1. The summed E-state index contributed by atoms with van der Waals surface area (Å²) in [7, 11) is 0. The lowest BCUT2D eigenvalue weighted by atomic mass is 9.96. The van der Waals surface area contributed by atoms with Crippen LogP contribution in [0.3, 0.4) is 0 Å². The minimum absolute atomic E-state index is 0.155. The van der Waals surface area contributed by atoms with Crippen LogP contribution in [0.1, 0.15) is 36.4 Å². The summed E-state index contributed by atoms with van der Waals surface area (Å²) in [4.78, 5) is 14.7. The topological polar surface area (TPSA) is 50.2 Å². The number of benzene rings is 1. The quantitative estimate of drug-likeness (QED) is 0.922. The van der Waals surface area contributed by atoms with Crippen molar-refractivity contribution in [1.82, 2.24) is 20.0 Å².